The fourth-order valence-electron chi connectivity index (χ4n) is 1.80. The Bertz CT molecular complexity index is 642. The predicted molar refractivity (Wildman–Crippen MR) is 73.7 cm³/mol. The Morgan fingerprint density at radius 2 is 2.15 bits per heavy atom. The summed E-state index contributed by atoms with van der Waals surface area (Å²) in [5.41, 5.74) is 2.81. The molecule has 0 aliphatic carbocycles. The van der Waals surface area contributed by atoms with Crippen molar-refractivity contribution in [3.05, 3.63) is 59.2 Å². The van der Waals surface area contributed by atoms with Crippen molar-refractivity contribution in [1.82, 2.24) is 4.98 Å². The summed E-state index contributed by atoms with van der Waals surface area (Å²) in [5, 5.41) is 12.1. The van der Waals surface area contributed by atoms with Crippen LogP contribution in [0.25, 0.3) is 0 Å². The molecule has 0 amide bonds. The Labute approximate surface area is 116 Å². The minimum absolute atomic E-state index is 0.194. The largest absolute Gasteiger partial charge is 0.488 e. The maximum atomic E-state index is 13.0. The molecule has 104 valence electrons. The van der Waals surface area contributed by atoms with E-state index in [-0.39, 0.29) is 6.61 Å². The van der Waals surface area contributed by atoms with Crippen LogP contribution in [0.2, 0.25) is 0 Å². The van der Waals surface area contributed by atoms with Gasteiger partial charge in [-0.15, -0.1) is 0 Å². The molecule has 2 aromatic rings. The molecule has 0 saturated heterocycles. The third-order valence-corrected chi connectivity index (χ3v) is 2.83. The molecule has 1 aromatic heterocycles. The molecule has 0 aliphatic heterocycles. The molecule has 0 fully saturated rings. The highest BCUT2D eigenvalue weighted by Crippen LogP contribution is 2.22. The molecular weight excluding hydrogens is 259 g/mol. The number of oxime groups is 1. The zero-order valence-corrected chi connectivity index (χ0v) is 11.3. The molecule has 1 heterocycles. The van der Waals surface area contributed by atoms with Crippen molar-refractivity contribution in [2.24, 2.45) is 5.16 Å². The minimum Gasteiger partial charge on any atom is -0.488 e. The Morgan fingerprint density at radius 3 is 2.85 bits per heavy atom. The second kappa shape index (κ2) is 6.14. The van der Waals surface area contributed by atoms with Crippen molar-refractivity contribution < 1.29 is 14.3 Å². The van der Waals surface area contributed by atoms with Gasteiger partial charge in [0.1, 0.15) is 18.2 Å². The summed E-state index contributed by atoms with van der Waals surface area (Å²) >= 11 is 0. The molecule has 0 aliphatic rings. The van der Waals surface area contributed by atoms with Gasteiger partial charge in [-0.1, -0.05) is 11.2 Å². The highest BCUT2D eigenvalue weighted by Gasteiger charge is 2.08. The van der Waals surface area contributed by atoms with Crippen molar-refractivity contribution in [2.75, 3.05) is 0 Å². The second-order valence-electron chi connectivity index (χ2n) is 4.49. The number of halogens is 1. The topological polar surface area (TPSA) is 54.7 Å². The lowest BCUT2D eigenvalue weighted by atomic mass is 10.1. The monoisotopic (exact) mass is 274 g/mol. The molecular formula is C15H15FN2O2. The third-order valence-electron chi connectivity index (χ3n) is 2.83. The van der Waals surface area contributed by atoms with Crippen LogP contribution < -0.4 is 4.74 Å². The quantitative estimate of drug-likeness (QED) is 0.528. The van der Waals surface area contributed by atoms with Crippen LogP contribution in [0.5, 0.6) is 5.75 Å². The van der Waals surface area contributed by atoms with E-state index in [1.165, 1.54) is 6.07 Å². The van der Waals surface area contributed by atoms with Crippen molar-refractivity contribution in [2.45, 2.75) is 20.5 Å². The van der Waals surface area contributed by atoms with Crippen molar-refractivity contribution in [1.29, 1.82) is 0 Å². The minimum atomic E-state index is -0.399. The number of pyridine rings is 1. The normalized spacial score (nSPS) is 11.4. The molecule has 0 saturated carbocycles. The standard InChI is InChI=1S/C15H15FN2O2/c1-10-3-4-14(11(2)18-19)15(5-10)20-9-12-6-13(16)8-17-7-12/h3-8,19H,9H2,1-2H3/b18-11-. The third kappa shape index (κ3) is 3.32. The SMILES string of the molecule is C/C(=N/O)c1ccc(C)cc1OCc1cncc(F)c1. The Kier molecular flexibility index (Phi) is 4.30. The van der Waals surface area contributed by atoms with Gasteiger partial charge in [0.05, 0.1) is 11.9 Å². The van der Waals surface area contributed by atoms with Crippen LogP contribution in [0, 0.1) is 12.7 Å². The van der Waals surface area contributed by atoms with Crippen molar-refractivity contribution in [3.8, 4) is 5.75 Å². The Balaban J connectivity index is 2.22. The van der Waals surface area contributed by atoms with E-state index in [2.05, 4.69) is 10.1 Å². The van der Waals surface area contributed by atoms with Gasteiger partial charge in [0.15, 0.2) is 0 Å². The first-order chi connectivity index (χ1) is 9.60. The summed E-state index contributed by atoms with van der Waals surface area (Å²) in [6.45, 7) is 3.81. The average Bonchev–Trinajstić information content (AvgIpc) is 2.44. The van der Waals surface area contributed by atoms with Gasteiger partial charge in [0.25, 0.3) is 0 Å². The highest BCUT2D eigenvalue weighted by atomic mass is 19.1. The molecule has 1 N–H and O–H groups in total. The van der Waals surface area contributed by atoms with Gasteiger partial charge in [-0.3, -0.25) is 4.98 Å². The summed E-state index contributed by atoms with van der Waals surface area (Å²) in [6, 6.07) is 6.94. The fourth-order valence-corrected chi connectivity index (χ4v) is 1.80. The number of hydrogen-bond donors (Lipinski definition) is 1. The lowest BCUT2D eigenvalue weighted by Gasteiger charge is -2.11. The first-order valence-electron chi connectivity index (χ1n) is 6.12. The maximum Gasteiger partial charge on any atom is 0.141 e. The number of benzene rings is 1. The van der Waals surface area contributed by atoms with E-state index in [9.17, 15) is 4.39 Å². The average molecular weight is 274 g/mol. The van der Waals surface area contributed by atoms with E-state index in [0.717, 1.165) is 11.8 Å². The summed E-state index contributed by atoms with van der Waals surface area (Å²) < 4.78 is 18.7. The highest BCUT2D eigenvalue weighted by molar-refractivity contribution is 6.00. The maximum absolute atomic E-state index is 13.0. The summed E-state index contributed by atoms with van der Waals surface area (Å²) in [6.07, 6.45) is 2.69. The van der Waals surface area contributed by atoms with Crippen LogP contribution >= 0.6 is 0 Å². The zero-order chi connectivity index (χ0) is 14.5. The summed E-state index contributed by atoms with van der Waals surface area (Å²) in [7, 11) is 0. The lowest BCUT2D eigenvalue weighted by molar-refractivity contribution is 0.302. The van der Waals surface area contributed by atoms with Crippen LogP contribution in [0.3, 0.4) is 0 Å². The van der Waals surface area contributed by atoms with E-state index in [1.807, 2.05) is 25.1 Å². The molecule has 0 bridgehead atoms. The fraction of sp³-hybridized carbons (Fsp3) is 0.200. The Hall–Kier alpha value is -2.43. The molecule has 4 nitrogen and oxygen atoms in total. The first kappa shape index (κ1) is 14.0. The van der Waals surface area contributed by atoms with Crippen LogP contribution in [0.4, 0.5) is 4.39 Å². The van der Waals surface area contributed by atoms with E-state index < -0.39 is 5.82 Å². The molecule has 20 heavy (non-hydrogen) atoms. The van der Waals surface area contributed by atoms with Crippen LogP contribution in [-0.4, -0.2) is 15.9 Å². The molecule has 2 rings (SSSR count). The first-order valence-corrected chi connectivity index (χ1v) is 6.12. The van der Waals surface area contributed by atoms with Crippen LogP contribution in [0.15, 0.2) is 41.8 Å². The summed E-state index contributed by atoms with van der Waals surface area (Å²) in [4.78, 5) is 3.77. The van der Waals surface area contributed by atoms with E-state index >= 15 is 0 Å². The lowest BCUT2D eigenvalue weighted by Crippen LogP contribution is -2.03. The molecule has 1 aromatic carbocycles. The van der Waals surface area contributed by atoms with Gasteiger partial charge in [0, 0.05) is 17.3 Å². The van der Waals surface area contributed by atoms with Gasteiger partial charge in [-0.2, -0.15) is 0 Å². The van der Waals surface area contributed by atoms with Crippen molar-refractivity contribution >= 4 is 5.71 Å². The van der Waals surface area contributed by atoms with Gasteiger partial charge in [-0.05, 0) is 37.6 Å². The zero-order valence-electron chi connectivity index (χ0n) is 11.3. The number of rotatable bonds is 4. The van der Waals surface area contributed by atoms with E-state index in [1.54, 1.807) is 13.1 Å². The van der Waals surface area contributed by atoms with Gasteiger partial charge in [0.2, 0.25) is 0 Å². The smallest absolute Gasteiger partial charge is 0.141 e. The predicted octanol–water partition coefficient (Wildman–Crippen LogP) is 3.31. The van der Waals surface area contributed by atoms with Crippen LogP contribution in [-0.2, 0) is 6.61 Å². The molecule has 0 spiro atoms. The molecule has 5 heteroatoms. The Morgan fingerprint density at radius 1 is 1.35 bits per heavy atom. The number of aromatic nitrogens is 1. The number of aryl methyl sites for hydroxylation is 1. The molecule has 0 atom stereocenters. The molecule has 0 unspecified atom stereocenters. The van der Waals surface area contributed by atoms with Crippen LogP contribution in [0.1, 0.15) is 23.6 Å². The van der Waals surface area contributed by atoms with E-state index in [4.69, 9.17) is 9.94 Å². The number of nitrogens with zero attached hydrogens (tertiary/aromatic N) is 2. The second-order valence-corrected chi connectivity index (χ2v) is 4.49. The van der Waals surface area contributed by atoms with Gasteiger partial charge < -0.3 is 9.94 Å². The number of ether oxygens (including phenoxy) is 1. The summed E-state index contributed by atoms with van der Waals surface area (Å²) in [5.74, 6) is 0.188. The van der Waals surface area contributed by atoms with Gasteiger partial charge in [-0.25, -0.2) is 4.39 Å². The van der Waals surface area contributed by atoms with E-state index in [0.29, 0.717) is 22.6 Å². The van der Waals surface area contributed by atoms with Gasteiger partial charge >= 0.3 is 0 Å². The number of hydrogen-bond acceptors (Lipinski definition) is 4. The molecule has 0 radical (unpaired) electrons. The van der Waals surface area contributed by atoms with Crippen molar-refractivity contribution in [3.63, 3.8) is 0 Å².